The predicted molar refractivity (Wildman–Crippen MR) is 117 cm³/mol. The third-order valence-corrected chi connectivity index (χ3v) is 6.68. The molecule has 1 amide bonds. The monoisotopic (exact) mass is 405 g/mol. The quantitative estimate of drug-likeness (QED) is 0.798. The van der Waals surface area contributed by atoms with Gasteiger partial charge in [-0.1, -0.05) is 44.5 Å². The molecule has 156 valence electrons. The Kier molecular flexibility index (Phi) is 7.41. The predicted octanol–water partition coefficient (Wildman–Crippen LogP) is 4.18. The molecule has 1 aliphatic carbocycles. The molecule has 1 aliphatic heterocycles. The number of carbonyl (C=O) groups is 1. The Hall–Kier alpha value is -1.10. The number of nitrogens with one attached hydrogen (secondary N) is 1. The minimum Gasteiger partial charge on any atom is -0.352 e. The second kappa shape index (κ2) is 9.60. The van der Waals surface area contributed by atoms with Crippen LogP contribution in [-0.4, -0.2) is 54.5 Å². The van der Waals surface area contributed by atoms with E-state index in [2.05, 4.69) is 42.0 Å². The van der Waals surface area contributed by atoms with Gasteiger partial charge in [0, 0.05) is 43.8 Å². The molecule has 1 aromatic rings. The van der Waals surface area contributed by atoms with Gasteiger partial charge >= 0.3 is 0 Å². The molecule has 0 radical (unpaired) electrons. The molecule has 0 aromatic heterocycles. The van der Waals surface area contributed by atoms with Gasteiger partial charge in [-0.25, -0.2) is 0 Å². The molecule has 1 saturated heterocycles. The molecule has 3 rings (SSSR count). The third kappa shape index (κ3) is 6.47. The maximum atomic E-state index is 12.5. The highest BCUT2D eigenvalue weighted by molar-refractivity contribution is 6.30. The molecule has 0 bridgehead atoms. The first-order valence-electron chi connectivity index (χ1n) is 10.8. The maximum Gasteiger partial charge on any atom is 0.234 e. The molecule has 28 heavy (non-hydrogen) atoms. The first-order valence-corrected chi connectivity index (χ1v) is 11.2. The lowest BCUT2D eigenvalue weighted by molar-refractivity contribution is -0.123. The highest BCUT2D eigenvalue weighted by Crippen LogP contribution is 2.37. The molecule has 0 atom stereocenters. The molecule has 1 saturated carbocycles. The van der Waals surface area contributed by atoms with Crippen molar-refractivity contribution in [3.8, 4) is 0 Å². The van der Waals surface area contributed by atoms with Crippen LogP contribution in [0.1, 0.15) is 52.0 Å². The summed E-state index contributed by atoms with van der Waals surface area (Å²) in [5.41, 5.74) is 1.64. The Morgan fingerprint density at radius 1 is 1.07 bits per heavy atom. The van der Waals surface area contributed by atoms with Crippen molar-refractivity contribution in [1.29, 1.82) is 0 Å². The van der Waals surface area contributed by atoms with Crippen molar-refractivity contribution in [2.45, 2.75) is 59.0 Å². The standard InChI is InChI=1S/C23H36ClN3O/c1-23(2,3)19-7-9-21(10-8-19)25-22(28)17-27-13-11-26(12-14-27)16-18-5-4-6-20(24)15-18/h4-6,15,19,21H,7-14,16-17H2,1-3H3,(H,25,28). The van der Waals surface area contributed by atoms with E-state index in [-0.39, 0.29) is 5.91 Å². The van der Waals surface area contributed by atoms with Crippen molar-refractivity contribution in [2.75, 3.05) is 32.7 Å². The summed E-state index contributed by atoms with van der Waals surface area (Å²) in [6, 6.07) is 8.45. The summed E-state index contributed by atoms with van der Waals surface area (Å²) in [6.07, 6.45) is 4.72. The highest BCUT2D eigenvalue weighted by Gasteiger charge is 2.30. The number of piperazine rings is 1. The van der Waals surface area contributed by atoms with Crippen molar-refractivity contribution in [1.82, 2.24) is 15.1 Å². The van der Waals surface area contributed by atoms with Crippen LogP contribution in [0.5, 0.6) is 0 Å². The number of carbonyl (C=O) groups excluding carboxylic acids is 1. The fourth-order valence-corrected chi connectivity index (χ4v) is 4.79. The molecule has 4 nitrogen and oxygen atoms in total. The highest BCUT2D eigenvalue weighted by atomic mass is 35.5. The van der Waals surface area contributed by atoms with Crippen molar-refractivity contribution >= 4 is 17.5 Å². The first kappa shape index (κ1) is 21.6. The van der Waals surface area contributed by atoms with E-state index in [9.17, 15) is 4.79 Å². The minimum absolute atomic E-state index is 0.197. The molecule has 0 spiro atoms. The fraction of sp³-hybridized carbons (Fsp3) is 0.696. The zero-order chi connectivity index (χ0) is 20.1. The van der Waals surface area contributed by atoms with Crippen LogP contribution in [0.3, 0.4) is 0 Å². The number of hydrogen-bond donors (Lipinski definition) is 1. The topological polar surface area (TPSA) is 35.6 Å². The molecule has 1 aromatic carbocycles. The molecule has 2 aliphatic rings. The smallest absolute Gasteiger partial charge is 0.234 e. The van der Waals surface area contributed by atoms with Gasteiger partial charge in [0.05, 0.1) is 6.54 Å². The third-order valence-electron chi connectivity index (χ3n) is 6.44. The van der Waals surface area contributed by atoms with Crippen LogP contribution in [-0.2, 0) is 11.3 Å². The van der Waals surface area contributed by atoms with Crippen molar-refractivity contribution in [3.63, 3.8) is 0 Å². The van der Waals surface area contributed by atoms with Crippen LogP contribution in [0.4, 0.5) is 0 Å². The average Bonchev–Trinajstić information content (AvgIpc) is 2.63. The number of benzene rings is 1. The van der Waals surface area contributed by atoms with E-state index in [1.807, 2.05) is 18.2 Å². The van der Waals surface area contributed by atoms with E-state index < -0.39 is 0 Å². The van der Waals surface area contributed by atoms with Crippen molar-refractivity contribution in [3.05, 3.63) is 34.9 Å². The second-order valence-corrected chi connectivity index (χ2v) is 10.1. The summed E-state index contributed by atoms with van der Waals surface area (Å²) >= 11 is 6.08. The van der Waals surface area contributed by atoms with Gasteiger partial charge < -0.3 is 5.32 Å². The SMILES string of the molecule is CC(C)(C)C1CCC(NC(=O)CN2CCN(Cc3cccc(Cl)c3)CC2)CC1. The summed E-state index contributed by atoms with van der Waals surface area (Å²) in [6.45, 7) is 12.4. The number of amides is 1. The average molecular weight is 406 g/mol. The molecule has 1 N–H and O–H groups in total. The van der Waals surface area contributed by atoms with Gasteiger partial charge in [-0.05, 0) is 54.7 Å². The lowest BCUT2D eigenvalue weighted by atomic mass is 9.71. The number of rotatable bonds is 5. The number of hydrogen-bond acceptors (Lipinski definition) is 3. The van der Waals surface area contributed by atoms with E-state index in [1.165, 1.54) is 18.4 Å². The first-order chi connectivity index (χ1) is 13.3. The summed E-state index contributed by atoms with van der Waals surface area (Å²) < 4.78 is 0. The zero-order valence-electron chi connectivity index (χ0n) is 17.7. The van der Waals surface area contributed by atoms with E-state index >= 15 is 0 Å². The van der Waals surface area contributed by atoms with Crippen molar-refractivity contribution < 1.29 is 4.79 Å². The van der Waals surface area contributed by atoms with E-state index in [0.717, 1.165) is 56.5 Å². The van der Waals surface area contributed by atoms with Crippen LogP contribution in [0.25, 0.3) is 0 Å². The fourth-order valence-electron chi connectivity index (χ4n) is 4.58. The van der Waals surface area contributed by atoms with E-state index in [0.29, 0.717) is 18.0 Å². The molecule has 5 heteroatoms. The lowest BCUT2D eigenvalue weighted by Crippen LogP contribution is -2.50. The lowest BCUT2D eigenvalue weighted by Gasteiger charge is -2.38. The van der Waals surface area contributed by atoms with Gasteiger partial charge in [-0.3, -0.25) is 14.6 Å². The van der Waals surface area contributed by atoms with Crippen LogP contribution >= 0.6 is 11.6 Å². The second-order valence-electron chi connectivity index (χ2n) is 9.66. The Balaban J connectivity index is 1.35. The zero-order valence-corrected chi connectivity index (χ0v) is 18.5. The van der Waals surface area contributed by atoms with Gasteiger partial charge in [0.1, 0.15) is 0 Å². The van der Waals surface area contributed by atoms with Gasteiger partial charge in [0.15, 0.2) is 0 Å². The largest absolute Gasteiger partial charge is 0.352 e. The summed E-state index contributed by atoms with van der Waals surface area (Å²) in [5, 5.41) is 4.08. The Labute approximate surface area is 175 Å². The number of nitrogens with zero attached hydrogens (tertiary/aromatic N) is 2. The van der Waals surface area contributed by atoms with Crippen LogP contribution in [0, 0.1) is 11.3 Å². The Morgan fingerprint density at radius 3 is 2.32 bits per heavy atom. The Morgan fingerprint density at radius 2 is 1.71 bits per heavy atom. The van der Waals surface area contributed by atoms with E-state index in [4.69, 9.17) is 11.6 Å². The minimum atomic E-state index is 0.197. The molecule has 2 fully saturated rings. The Bertz CT molecular complexity index is 641. The van der Waals surface area contributed by atoms with Gasteiger partial charge in [-0.15, -0.1) is 0 Å². The van der Waals surface area contributed by atoms with Crippen LogP contribution < -0.4 is 5.32 Å². The van der Waals surface area contributed by atoms with Gasteiger partial charge in [0.25, 0.3) is 0 Å². The summed E-state index contributed by atoms with van der Waals surface area (Å²) in [7, 11) is 0. The number of halogens is 1. The van der Waals surface area contributed by atoms with Crippen molar-refractivity contribution in [2.24, 2.45) is 11.3 Å². The van der Waals surface area contributed by atoms with Gasteiger partial charge in [-0.2, -0.15) is 0 Å². The van der Waals surface area contributed by atoms with Crippen LogP contribution in [0.2, 0.25) is 5.02 Å². The molecular formula is C23H36ClN3O. The summed E-state index contributed by atoms with van der Waals surface area (Å²) in [4.78, 5) is 17.2. The van der Waals surface area contributed by atoms with Crippen LogP contribution in [0.15, 0.2) is 24.3 Å². The van der Waals surface area contributed by atoms with Gasteiger partial charge in [0.2, 0.25) is 5.91 Å². The molecule has 0 unspecified atom stereocenters. The maximum absolute atomic E-state index is 12.5. The molecular weight excluding hydrogens is 370 g/mol. The van der Waals surface area contributed by atoms with E-state index in [1.54, 1.807) is 0 Å². The molecule has 1 heterocycles. The normalized spacial score (nSPS) is 24.9. The summed E-state index contributed by atoms with van der Waals surface area (Å²) in [5.74, 6) is 0.982.